The molecular formula is C35H46N2O3. The Morgan fingerprint density at radius 1 is 0.825 bits per heavy atom. The Bertz CT molecular complexity index is 1140. The van der Waals surface area contributed by atoms with Gasteiger partial charge in [0.05, 0.1) is 24.5 Å². The summed E-state index contributed by atoms with van der Waals surface area (Å²) in [6.07, 6.45) is 12.0. The molecule has 3 aromatic carbocycles. The number of unbranched alkanes of at least 4 members (excludes halogenated alkanes) is 6. The first-order valence-corrected chi connectivity index (χ1v) is 15.6. The van der Waals surface area contributed by atoms with Crippen molar-refractivity contribution >= 4 is 11.4 Å². The zero-order valence-corrected chi connectivity index (χ0v) is 24.2. The number of ether oxygens (including phenoxy) is 2. The second kappa shape index (κ2) is 14.7. The van der Waals surface area contributed by atoms with Crippen molar-refractivity contribution in [3.8, 4) is 11.5 Å². The van der Waals surface area contributed by atoms with Crippen LogP contribution in [0.1, 0.15) is 81.8 Å². The molecular weight excluding hydrogens is 496 g/mol. The number of hydrogen-bond donors (Lipinski definition) is 1. The van der Waals surface area contributed by atoms with Crippen LogP contribution >= 0.6 is 0 Å². The van der Waals surface area contributed by atoms with Crippen LogP contribution in [0.25, 0.3) is 0 Å². The maximum atomic E-state index is 12.7. The number of rotatable bonds is 15. The lowest BCUT2D eigenvalue weighted by atomic mass is 9.91. The largest absolute Gasteiger partial charge is 0.634 e. The smallest absolute Gasteiger partial charge is 0.151 e. The fraction of sp³-hybridized carbons (Fsp3) is 0.486. The minimum absolute atomic E-state index is 0.0117. The van der Waals surface area contributed by atoms with Gasteiger partial charge in [-0.1, -0.05) is 87.6 Å². The molecule has 1 fully saturated rings. The van der Waals surface area contributed by atoms with E-state index in [0.717, 1.165) is 55.1 Å². The molecule has 1 unspecified atom stereocenters. The average molecular weight is 543 g/mol. The van der Waals surface area contributed by atoms with Gasteiger partial charge in [-0.25, -0.2) is 0 Å². The maximum absolute atomic E-state index is 12.7. The van der Waals surface area contributed by atoms with E-state index in [1.54, 1.807) is 0 Å². The number of hydroxylamine groups is 2. The molecule has 3 atom stereocenters. The summed E-state index contributed by atoms with van der Waals surface area (Å²) in [7, 11) is 0. The predicted molar refractivity (Wildman–Crippen MR) is 164 cm³/mol. The second-order valence-corrected chi connectivity index (χ2v) is 11.4. The molecule has 2 aliphatic rings. The monoisotopic (exact) mass is 542 g/mol. The van der Waals surface area contributed by atoms with Crippen molar-refractivity contribution in [1.29, 1.82) is 0 Å². The number of aryl methyl sites for hydroxylation is 1. The Hall–Kier alpha value is -2.86. The molecule has 5 nitrogen and oxygen atoms in total. The Balaban J connectivity index is 1.06. The summed E-state index contributed by atoms with van der Waals surface area (Å²) >= 11 is 0. The van der Waals surface area contributed by atoms with E-state index in [1.165, 1.54) is 49.7 Å². The molecule has 5 rings (SSSR count). The summed E-state index contributed by atoms with van der Waals surface area (Å²) in [5, 5.41) is 13.1. The molecule has 0 radical (unpaired) electrons. The van der Waals surface area contributed by atoms with E-state index >= 15 is 0 Å². The van der Waals surface area contributed by atoms with Gasteiger partial charge in [0, 0.05) is 25.5 Å². The van der Waals surface area contributed by atoms with E-state index in [1.807, 2.05) is 24.3 Å². The highest BCUT2D eigenvalue weighted by Gasteiger charge is 2.35. The van der Waals surface area contributed by atoms with E-state index in [4.69, 9.17) is 9.47 Å². The first kappa shape index (κ1) is 28.7. The van der Waals surface area contributed by atoms with Crippen LogP contribution in [0.5, 0.6) is 11.5 Å². The fourth-order valence-electron chi connectivity index (χ4n) is 6.26. The third-order valence-electron chi connectivity index (χ3n) is 8.58. The molecule has 214 valence electrons. The third-order valence-corrected chi connectivity index (χ3v) is 8.58. The predicted octanol–water partition coefficient (Wildman–Crippen LogP) is 7.57. The number of para-hydroxylation sites is 4. The van der Waals surface area contributed by atoms with Crippen molar-refractivity contribution < 1.29 is 14.5 Å². The van der Waals surface area contributed by atoms with Crippen molar-refractivity contribution in [2.75, 3.05) is 31.2 Å². The first-order valence-electron chi connectivity index (χ1n) is 15.6. The Kier molecular flexibility index (Phi) is 10.5. The van der Waals surface area contributed by atoms with E-state index in [0.29, 0.717) is 24.8 Å². The van der Waals surface area contributed by atoms with Gasteiger partial charge in [-0.3, -0.25) is 0 Å². The minimum Gasteiger partial charge on any atom is -0.634 e. The van der Waals surface area contributed by atoms with Gasteiger partial charge in [-0.2, -0.15) is 0 Å². The number of hydrogen-bond acceptors (Lipinski definition) is 4. The Morgan fingerprint density at radius 2 is 1.50 bits per heavy atom. The van der Waals surface area contributed by atoms with Gasteiger partial charge >= 0.3 is 0 Å². The maximum Gasteiger partial charge on any atom is 0.151 e. The average Bonchev–Trinajstić information content (AvgIpc) is 3.36. The number of quaternary nitrogens is 1. The van der Waals surface area contributed by atoms with Gasteiger partial charge in [0.1, 0.15) is 6.04 Å². The Labute approximate surface area is 240 Å². The lowest BCUT2D eigenvalue weighted by Crippen LogP contribution is -3.09. The van der Waals surface area contributed by atoms with Crippen LogP contribution in [-0.4, -0.2) is 32.3 Å². The van der Waals surface area contributed by atoms with Gasteiger partial charge in [0.2, 0.25) is 0 Å². The van der Waals surface area contributed by atoms with Crippen LogP contribution in [-0.2, 0) is 11.2 Å². The number of fused-ring (bicyclic) bond motifs is 2. The van der Waals surface area contributed by atoms with Crippen LogP contribution in [0.4, 0.5) is 11.4 Å². The normalized spacial score (nSPS) is 19.8. The molecule has 5 heteroatoms. The summed E-state index contributed by atoms with van der Waals surface area (Å²) in [6, 6.07) is 25.5. The van der Waals surface area contributed by atoms with Crippen molar-refractivity contribution in [2.24, 2.45) is 0 Å². The fourth-order valence-corrected chi connectivity index (χ4v) is 6.26. The zero-order chi connectivity index (χ0) is 27.6. The van der Waals surface area contributed by atoms with E-state index in [9.17, 15) is 5.21 Å². The van der Waals surface area contributed by atoms with Crippen LogP contribution in [0, 0.1) is 5.21 Å². The second-order valence-electron chi connectivity index (χ2n) is 11.4. The Morgan fingerprint density at radius 3 is 2.23 bits per heavy atom. The number of anilines is 2. The molecule has 40 heavy (non-hydrogen) atoms. The number of benzene rings is 3. The van der Waals surface area contributed by atoms with Gasteiger partial charge < -0.3 is 24.6 Å². The molecule has 0 bridgehead atoms. The summed E-state index contributed by atoms with van der Waals surface area (Å²) < 4.78 is 12.2. The summed E-state index contributed by atoms with van der Waals surface area (Å²) in [5.41, 5.74) is 4.94. The molecule has 0 spiro atoms. The van der Waals surface area contributed by atoms with Crippen LogP contribution in [0.15, 0.2) is 72.8 Å². The van der Waals surface area contributed by atoms with Crippen LogP contribution in [0.2, 0.25) is 0 Å². The molecule has 1 saturated heterocycles. The third kappa shape index (κ3) is 7.25. The van der Waals surface area contributed by atoms with Crippen molar-refractivity contribution in [1.82, 2.24) is 0 Å². The van der Waals surface area contributed by atoms with E-state index in [-0.39, 0.29) is 12.0 Å². The van der Waals surface area contributed by atoms with E-state index in [2.05, 4.69) is 60.4 Å². The van der Waals surface area contributed by atoms with Gasteiger partial charge in [0.25, 0.3) is 0 Å². The number of nitrogens with zero attached hydrogens (tertiary/aromatic N) is 1. The minimum atomic E-state index is -0.0117. The molecule has 0 aromatic heterocycles. The van der Waals surface area contributed by atoms with Crippen molar-refractivity contribution in [3.05, 3.63) is 89.1 Å². The SMILES string of the molecule is CCCCCCCCc1ccc([C@H]2CC[NH+]([O-])[C@@H]2COCCCCN2c3ccccc3Oc3ccccc32)cc1. The lowest BCUT2D eigenvalue weighted by molar-refractivity contribution is -0.862. The van der Waals surface area contributed by atoms with Gasteiger partial charge in [0.15, 0.2) is 11.5 Å². The molecule has 0 amide bonds. The standard InChI is InChI=1S/C35H46N2O3/c1-2-3-4-5-6-7-14-28-19-21-29(22-20-28)30-23-25-37(38)33(30)27-39-26-13-12-24-36-31-15-8-10-17-34(31)40-35-18-11-9-16-32(35)36/h8-11,15-22,30,33,37H,2-7,12-14,23-27H2,1H3/t30-,33-/m1/s1. The van der Waals surface area contributed by atoms with Gasteiger partial charge in [-0.05, 0) is 61.1 Å². The van der Waals surface area contributed by atoms with E-state index < -0.39 is 0 Å². The van der Waals surface area contributed by atoms with Gasteiger partial charge in [-0.15, -0.1) is 0 Å². The van der Waals surface area contributed by atoms with Crippen molar-refractivity contribution in [3.63, 3.8) is 0 Å². The molecule has 0 saturated carbocycles. The zero-order valence-electron chi connectivity index (χ0n) is 24.2. The van der Waals surface area contributed by atoms with Crippen molar-refractivity contribution in [2.45, 2.75) is 83.1 Å². The topological polar surface area (TPSA) is 49.2 Å². The first-order chi connectivity index (χ1) is 19.7. The summed E-state index contributed by atoms with van der Waals surface area (Å²) in [6.45, 7) is 5.06. The van der Waals surface area contributed by atoms with Crippen LogP contribution < -0.4 is 14.7 Å². The molecule has 0 aliphatic carbocycles. The lowest BCUT2D eigenvalue weighted by Gasteiger charge is -2.32. The number of nitrogens with one attached hydrogen (secondary N) is 1. The molecule has 1 N–H and O–H groups in total. The molecule has 3 aromatic rings. The highest BCUT2D eigenvalue weighted by Crippen LogP contribution is 2.46. The molecule has 2 aliphatic heterocycles. The summed E-state index contributed by atoms with van der Waals surface area (Å²) in [5.74, 6) is 2.09. The van der Waals surface area contributed by atoms with Crippen LogP contribution in [0.3, 0.4) is 0 Å². The highest BCUT2D eigenvalue weighted by molar-refractivity contribution is 5.77. The quantitative estimate of drug-likeness (QED) is 0.159. The molecule has 2 heterocycles. The highest BCUT2D eigenvalue weighted by atomic mass is 16.5. The summed E-state index contributed by atoms with van der Waals surface area (Å²) in [4.78, 5) is 2.35.